The van der Waals surface area contributed by atoms with Gasteiger partial charge in [-0.2, -0.15) is 5.10 Å². The molecule has 0 aliphatic carbocycles. The van der Waals surface area contributed by atoms with Gasteiger partial charge < -0.3 is 13.9 Å². The summed E-state index contributed by atoms with van der Waals surface area (Å²) in [6.07, 6.45) is 1.22. The van der Waals surface area contributed by atoms with E-state index in [9.17, 15) is 25.0 Å². The summed E-state index contributed by atoms with van der Waals surface area (Å²) in [5.41, 5.74) is 1.48. The molecule has 0 saturated carbocycles. The second-order valence-corrected chi connectivity index (χ2v) is 7.26. The molecular weight excluding hydrogens is 495 g/mol. The number of methoxy groups -OCH3 is 1. The molecule has 0 radical (unpaired) electrons. The number of hydrazone groups is 1. The van der Waals surface area contributed by atoms with Gasteiger partial charge in [0.25, 0.3) is 11.6 Å². The number of benzene rings is 2. The lowest BCUT2D eigenvalue weighted by atomic mass is 10.2. The molecule has 3 aromatic rings. The van der Waals surface area contributed by atoms with E-state index in [1.54, 1.807) is 30.3 Å². The average molecular weight is 509 g/mol. The molecular formula is C20H14Cl2N4O8. The lowest BCUT2D eigenvalue weighted by molar-refractivity contribution is -0.394. The Bertz CT molecular complexity index is 1290. The lowest BCUT2D eigenvalue weighted by Crippen LogP contribution is -2.25. The first-order valence-electron chi connectivity index (χ1n) is 9.20. The van der Waals surface area contributed by atoms with Gasteiger partial charge in [-0.15, -0.1) is 0 Å². The molecule has 0 spiro atoms. The highest BCUT2D eigenvalue weighted by Gasteiger charge is 2.27. The number of amides is 1. The normalized spacial score (nSPS) is 10.8. The molecule has 0 saturated heterocycles. The van der Waals surface area contributed by atoms with E-state index in [1.165, 1.54) is 6.21 Å². The second kappa shape index (κ2) is 10.6. The van der Waals surface area contributed by atoms with Crippen molar-refractivity contribution in [2.75, 3.05) is 13.7 Å². The zero-order valence-electron chi connectivity index (χ0n) is 17.2. The largest absolute Gasteiger partial charge is 0.492 e. The molecule has 3 rings (SSSR count). The van der Waals surface area contributed by atoms with Gasteiger partial charge in [-0.3, -0.25) is 25.0 Å². The van der Waals surface area contributed by atoms with E-state index in [0.29, 0.717) is 33.2 Å². The predicted octanol–water partition coefficient (Wildman–Crippen LogP) is 4.61. The zero-order chi connectivity index (χ0) is 24.8. The van der Waals surface area contributed by atoms with Crippen LogP contribution in [-0.2, 0) is 4.79 Å². The van der Waals surface area contributed by atoms with Crippen LogP contribution in [0.15, 0.2) is 52.0 Å². The molecule has 1 heterocycles. The van der Waals surface area contributed by atoms with Gasteiger partial charge in [-0.25, -0.2) is 5.43 Å². The van der Waals surface area contributed by atoms with E-state index in [1.807, 2.05) is 0 Å². The van der Waals surface area contributed by atoms with Gasteiger partial charge in [0, 0.05) is 10.6 Å². The molecule has 2 aromatic carbocycles. The van der Waals surface area contributed by atoms with Crippen LogP contribution in [0.25, 0.3) is 11.3 Å². The molecule has 1 aromatic heterocycles. The highest BCUT2D eigenvalue weighted by atomic mass is 35.5. The zero-order valence-corrected chi connectivity index (χ0v) is 18.7. The van der Waals surface area contributed by atoms with E-state index < -0.39 is 39.5 Å². The smallest absolute Gasteiger partial charge is 0.321 e. The Morgan fingerprint density at radius 1 is 1.15 bits per heavy atom. The van der Waals surface area contributed by atoms with Crippen molar-refractivity contribution in [1.82, 2.24) is 5.43 Å². The van der Waals surface area contributed by atoms with Crippen molar-refractivity contribution in [3.05, 3.63) is 78.5 Å². The first-order chi connectivity index (χ1) is 16.2. The first-order valence-corrected chi connectivity index (χ1v) is 9.96. The van der Waals surface area contributed by atoms with Crippen LogP contribution in [-0.4, -0.2) is 35.7 Å². The summed E-state index contributed by atoms with van der Waals surface area (Å²) in [7, 11) is 1.15. The lowest BCUT2D eigenvalue weighted by Gasteiger charge is -2.10. The number of hydrogen-bond acceptors (Lipinski definition) is 9. The summed E-state index contributed by atoms with van der Waals surface area (Å²) in [5.74, 6) is -0.724. The Labute approximate surface area is 201 Å². The third-order valence-corrected chi connectivity index (χ3v) is 4.75. The summed E-state index contributed by atoms with van der Waals surface area (Å²) in [5, 5.41) is 26.8. The molecule has 0 aliphatic rings. The minimum atomic E-state index is -0.887. The van der Waals surface area contributed by atoms with Crippen molar-refractivity contribution >= 4 is 46.7 Å². The number of hydrogen-bond donors (Lipinski definition) is 1. The minimum absolute atomic E-state index is 0.277. The summed E-state index contributed by atoms with van der Waals surface area (Å²) in [6, 6.07) is 9.81. The summed E-state index contributed by atoms with van der Waals surface area (Å²) < 4.78 is 15.7. The Hall–Kier alpha value is -4.16. The van der Waals surface area contributed by atoms with Crippen LogP contribution >= 0.6 is 23.2 Å². The van der Waals surface area contributed by atoms with Crippen LogP contribution in [0.4, 0.5) is 11.4 Å². The maximum Gasteiger partial charge on any atom is 0.321 e. The number of nitrogens with one attached hydrogen (secondary N) is 1. The number of halogens is 2. The average Bonchev–Trinajstić information content (AvgIpc) is 3.25. The van der Waals surface area contributed by atoms with Crippen molar-refractivity contribution in [2.45, 2.75) is 0 Å². The molecule has 176 valence electrons. The Balaban J connectivity index is 1.65. The SMILES string of the molecule is COc1cc([N+](=O)[O-])cc([N+](=O)[O-])c1OCC(=O)NN=Cc1ccc(-c2ccc(Cl)cc2Cl)o1. The molecule has 0 aliphatic heterocycles. The topological polar surface area (TPSA) is 159 Å². The summed E-state index contributed by atoms with van der Waals surface area (Å²) in [6.45, 7) is -0.684. The van der Waals surface area contributed by atoms with E-state index in [2.05, 4.69) is 10.5 Å². The van der Waals surface area contributed by atoms with Crippen LogP contribution in [0.3, 0.4) is 0 Å². The summed E-state index contributed by atoms with van der Waals surface area (Å²) >= 11 is 12.0. The minimum Gasteiger partial charge on any atom is -0.492 e. The van der Waals surface area contributed by atoms with Crippen molar-refractivity contribution < 1.29 is 28.5 Å². The van der Waals surface area contributed by atoms with Crippen molar-refractivity contribution in [3.63, 3.8) is 0 Å². The van der Waals surface area contributed by atoms with Gasteiger partial charge in [0.2, 0.25) is 5.75 Å². The summed E-state index contributed by atoms with van der Waals surface area (Å²) in [4.78, 5) is 32.6. The third kappa shape index (κ3) is 5.79. The first kappa shape index (κ1) is 24.5. The number of nitrogens with zero attached hydrogens (tertiary/aromatic N) is 3. The number of nitro benzene ring substituents is 2. The molecule has 0 unspecified atom stereocenters. The number of nitro groups is 2. The van der Waals surface area contributed by atoms with Crippen molar-refractivity contribution in [1.29, 1.82) is 0 Å². The number of furan rings is 1. The van der Waals surface area contributed by atoms with E-state index in [0.717, 1.165) is 13.2 Å². The maximum absolute atomic E-state index is 12.0. The molecule has 0 atom stereocenters. The Morgan fingerprint density at radius 2 is 1.91 bits per heavy atom. The molecule has 14 heteroatoms. The number of non-ortho nitro benzene ring substituents is 1. The quantitative estimate of drug-likeness (QED) is 0.249. The van der Waals surface area contributed by atoms with Gasteiger partial charge in [-0.1, -0.05) is 23.2 Å². The molecule has 0 fully saturated rings. The maximum atomic E-state index is 12.0. The van der Waals surface area contributed by atoms with Crippen LogP contribution in [0.1, 0.15) is 5.76 Å². The molecule has 0 bridgehead atoms. The number of ether oxygens (including phenoxy) is 2. The van der Waals surface area contributed by atoms with Gasteiger partial charge in [0.05, 0.1) is 40.3 Å². The van der Waals surface area contributed by atoms with E-state index >= 15 is 0 Å². The van der Waals surface area contributed by atoms with Gasteiger partial charge in [0.1, 0.15) is 11.5 Å². The molecule has 34 heavy (non-hydrogen) atoms. The highest BCUT2D eigenvalue weighted by molar-refractivity contribution is 6.36. The highest BCUT2D eigenvalue weighted by Crippen LogP contribution is 2.40. The van der Waals surface area contributed by atoms with Crippen molar-refractivity contribution in [2.24, 2.45) is 5.10 Å². The fourth-order valence-corrected chi connectivity index (χ4v) is 3.21. The van der Waals surface area contributed by atoms with Gasteiger partial charge >= 0.3 is 5.69 Å². The molecule has 1 N–H and O–H groups in total. The number of rotatable bonds is 9. The van der Waals surface area contributed by atoms with Gasteiger partial charge in [-0.05, 0) is 30.3 Å². The fraction of sp³-hybridized carbons (Fsp3) is 0.100. The molecule has 12 nitrogen and oxygen atoms in total. The number of carbonyl (C=O) groups excluding carboxylic acids is 1. The number of carbonyl (C=O) groups is 1. The third-order valence-electron chi connectivity index (χ3n) is 4.20. The Morgan fingerprint density at radius 3 is 2.56 bits per heavy atom. The van der Waals surface area contributed by atoms with Crippen LogP contribution in [0.5, 0.6) is 11.5 Å². The van der Waals surface area contributed by atoms with Crippen molar-refractivity contribution in [3.8, 4) is 22.8 Å². The second-order valence-electron chi connectivity index (χ2n) is 6.42. The predicted molar refractivity (Wildman–Crippen MR) is 122 cm³/mol. The van der Waals surface area contributed by atoms with E-state index in [4.69, 9.17) is 37.1 Å². The fourth-order valence-electron chi connectivity index (χ4n) is 2.71. The van der Waals surface area contributed by atoms with Crippen LogP contribution in [0.2, 0.25) is 10.0 Å². The Kier molecular flexibility index (Phi) is 7.66. The van der Waals surface area contributed by atoms with Crippen LogP contribution in [0, 0.1) is 20.2 Å². The van der Waals surface area contributed by atoms with Gasteiger partial charge in [0.15, 0.2) is 12.4 Å². The van der Waals surface area contributed by atoms with E-state index in [-0.39, 0.29) is 5.75 Å². The molecule has 1 amide bonds. The van der Waals surface area contributed by atoms with Crippen LogP contribution < -0.4 is 14.9 Å². The monoisotopic (exact) mass is 508 g/mol. The standard InChI is InChI=1S/C20H14Cl2N4O8/c1-32-18-8-12(25(28)29)7-16(26(30)31)20(18)33-10-19(27)24-23-9-13-3-5-17(34-13)14-4-2-11(21)6-15(14)22/h2-9H,10H2,1H3,(H,24,27).